The summed E-state index contributed by atoms with van der Waals surface area (Å²) in [7, 11) is 0. The van der Waals surface area contributed by atoms with Gasteiger partial charge in [0.05, 0.1) is 5.92 Å². The molecule has 0 bridgehead atoms. The van der Waals surface area contributed by atoms with Gasteiger partial charge in [-0.05, 0) is 43.9 Å². The van der Waals surface area contributed by atoms with E-state index in [0.29, 0.717) is 11.4 Å². The predicted octanol–water partition coefficient (Wildman–Crippen LogP) is 5.11. The minimum Gasteiger partial charge on any atom is -0.307 e. The summed E-state index contributed by atoms with van der Waals surface area (Å²) in [6.45, 7) is 1.97. The van der Waals surface area contributed by atoms with Gasteiger partial charge in [-0.3, -0.25) is 0 Å². The lowest BCUT2D eigenvalue weighted by atomic mass is 9.85. The summed E-state index contributed by atoms with van der Waals surface area (Å²) in [6.07, 6.45) is -2.18. The topological polar surface area (TPSA) is 12.0 Å². The second-order valence-corrected chi connectivity index (χ2v) is 5.98. The van der Waals surface area contributed by atoms with Crippen molar-refractivity contribution in [1.29, 1.82) is 0 Å². The highest BCUT2D eigenvalue weighted by Crippen LogP contribution is 2.38. The van der Waals surface area contributed by atoms with Gasteiger partial charge in [-0.2, -0.15) is 13.2 Å². The standard InChI is InChI=1S/C15H19ClF3N/c1-10(11-5-7-13(16)8-6-11)20-14-4-2-3-12(9-14)15(17,18)19/h5-8,10,12,14,20H,2-4,9H2,1H3. The number of halogens is 4. The third-order valence-electron chi connectivity index (χ3n) is 3.99. The second kappa shape index (κ2) is 6.35. The Morgan fingerprint density at radius 2 is 1.85 bits per heavy atom. The summed E-state index contributed by atoms with van der Waals surface area (Å²) >= 11 is 5.83. The fourth-order valence-corrected chi connectivity index (χ4v) is 2.97. The van der Waals surface area contributed by atoms with Crippen molar-refractivity contribution >= 4 is 11.6 Å². The number of rotatable bonds is 3. The molecular formula is C15H19ClF3N. The summed E-state index contributed by atoms with van der Waals surface area (Å²) in [5.74, 6) is -1.16. The Balaban J connectivity index is 1.94. The first-order chi connectivity index (χ1) is 9.36. The van der Waals surface area contributed by atoms with Gasteiger partial charge in [0.2, 0.25) is 0 Å². The van der Waals surface area contributed by atoms with Crippen molar-refractivity contribution in [3.8, 4) is 0 Å². The highest BCUT2D eigenvalue weighted by Gasteiger charge is 2.42. The van der Waals surface area contributed by atoms with Crippen LogP contribution in [0.3, 0.4) is 0 Å². The fraction of sp³-hybridized carbons (Fsp3) is 0.600. The molecule has 112 valence electrons. The minimum atomic E-state index is -4.07. The van der Waals surface area contributed by atoms with E-state index < -0.39 is 12.1 Å². The van der Waals surface area contributed by atoms with Crippen LogP contribution < -0.4 is 5.32 Å². The molecule has 1 saturated carbocycles. The van der Waals surface area contributed by atoms with Crippen LogP contribution in [-0.4, -0.2) is 12.2 Å². The van der Waals surface area contributed by atoms with Crippen molar-refractivity contribution in [2.24, 2.45) is 5.92 Å². The van der Waals surface area contributed by atoms with Gasteiger partial charge < -0.3 is 5.32 Å². The maximum absolute atomic E-state index is 12.8. The molecule has 0 aromatic heterocycles. The molecule has 0 aliphatic heterocycles. The van der Waals surface area contributed by atoms with Crippen LogP contribution in [0.25, 0.3) is 0 Å². The summed E-state index contributed by atoms with van der Waals surface area (Å²) in [4.78, 5) is 0. The second-order valence-electron chi connectivity index (χ2n) is 5.54. The van der Waals surface area contributed by atoms with Gasteiger partial charge in [0.15, 0.2) is 0 Å². The number of benzene rings is 1. The zero-order valence-corrected chi connectivity index (χ0v) is 12.1. The Labute approximate surface area is 122 Å². The molecule has 1 nitrogen and oxygen atoms in total. The number of hydrogen-bond acceptors (Lipinski definition) is 1. The number of alkyl halides is 3. The molecule has 1 aromatic rings. The zero-order valence-electron chi connectivity index (χ0n) is 11.4. The lowest BCUT2D eigenvalue weighted by molar-refractivity contribution is -0.183. The molecule has 0 saturated heterocycles. The van der Waals surface area contributed by atoms with Gasteiger partial charge in [-0.15, -0.1) is 0 Å². The first kappa shape index (κ1) is 15.6. The molecule has 0 amide bonds. The molecule has 2 rings (SSSR count). The van der Waals surface area contributed by atoms with E-state index >= 15 is 0 Å². The van der Waals surface area contributed by atoms with Crippen LogP contribution in [0, 0.1) is 5.92 Å². The summed E-state index contributed by atoms with van der Waals surface area (Å²) in [6, 6.07) is 7.38. The van der Waals surface area contributed by atoms with Crippen LogP contribution in [-0.2, 0) is 0 Å². The van der Waals surface area contributed by atoms with E-state index in [2.05, 4.69) is 5.32 Å². The third-order valence-corrected chi connectivity index (χ3v) is 4.24. The van der Waals surface area contributed by atoms with Gasteiger partial charge in [-0.1, -0.05) is 30.2 Å². The van der Waals surface area contributed by atoms with E-state index in [-0.39, 0.29) is 24.9 Å². The average Bonchev–Trinajstić information content (AvgIpc) is 2.38. The van der Waals surface area contributed by atoms with Crippen molar-refractivity contribution in [2.45, 2.75) is 50.9 Å². The van der Waals surface area contributed by atoms with Gasteiger partial charge in [0.25, 0.3) is 0 Å². The Kier molecular flexibility index (Phi) is 4.97. The lowest BCUT2D eigenvalue weighted by Gasteiger charge is -2.33. The molecular weight excluding hydrogens is 287 g/mol. The fourth-order valence-electron chi connectivity index (χ4n) is 2.84. The minimum absolute atomic E-state index is 0.0317. The van der Waals surface area contributed by atoms with E-state index in [1.165, 1.54) is 0 Å². The molecule has 1 N–H and O–H groups in total. The molecule has 1 aromatic carbocycles. The Morgan fingerprint density at radius 1 is 1.20 bits per heavy atom. The van der Waals surface area contributed by atoms with Crippen LogP contribution in [0.1, 0.15) is 44.2 Å². The van der Waals surface area contributed by atoms with Gasteiger partial charge in [0, 0.05) is 17.1 Å². The monoisotopic (exact) mass is 305 g/mol. The maximum atomic E-state index is 12.8. The van der Waals surface area contributed by atoms with Gasteiger partial charge in [-0.25, -0.2) is 0 Å². The first-order valence-electron chi connectivity index (χ1n) is 6.94. The highest BCUT2D eigenvalue weighted by atomic mass is 35.5. The SMILES string of the molecule is CC(NC1CCCC(C(F)(F)F)C1)c1ccc(Cl)cc1. The molecule has 0 radical (unpaired) electrons. The van der Waals surface area contributed by atoms with Crippen LogP contribution in [0.4, 0.5) is 13.2 Å². The van der Waals surface area contributed by atoms with Crippen LogP contribution in [0.5, 0.6) is 0 Å². The Morgan fingerprint density at radius 3 is 2.45 bits per heavy atom. The first-order valence-corrected chi connectivity index (χ1v) is 7.32. The molecule has 0 spiro atoms. The highest BCUT2D eigenvalue weighted by molar-refractivity contribution is 6.30. The quantitative estimate of drug-likeness (QED) is 0.818. The molecule has 1 aliphatic carbocycles. The predicted molar refractivity (Wildman–Crippen MR) is 74.8 cm³/mol. The van der Waals surface area contributed by atoms with Gasteiger partial charge >= 0.3 is 6.18 Å². The van der Waals surface area contributed by atoms with E-state index in [4.69, 9.17) is 11.6 Å². The Hall–Kier alpha value is -0.740. The van der Waals surface area contributed by atoms with Crippen molar-refractivity contribution in [3.63, 3.8) is 0 Å². The van der Waals surface area contributed by atoms with Gasteiger partial charge in [0.1, 0.15) is 0 Å². The van der Waals surface area contributed by atoms with Crippen molar-refractivity contribution in [3.05, 3.63) is 34.9 Å². The normalized spacial score (nSPS) is 25.4. The Bertz CT molecular complexity index is 430. The average molecular weight is 306 g/mol. The summed E-state index contributed by atoms with van der Waals surface area (Å²) in [5.41, 5.74) is 1.04. The molecule has 1 fully saturated rings. The maximum Gasteiger partial charge on any atom is 0.391 e. The zero-order chi connectivity index (χ0) is 14.8. The van der Waals surface area contributed by atoms with Crippen molar-refractivity contribution < 1.29 is 13.2 Å². The smallest absolute Gasteiger partial charge is 0.307 e. The number of hydrogen-bond donors (Lipinski definition) is 1. The van der Waals surface area contributed by atoms with Crippen LogP contribution in [0.2, 0.25) is 5.02 Å². The van der Waals surface area contributed by atoms with Crippen molar-refractivity contribution in [1.82, 2.24) is 5.32 Å². The van der Waals surface area contributed by atoms with E-state index in [1.807, 2.05) is 19.1 Å². The van der Waals surface area contributed by atoms with Crippen LogP contribution in [0.15, 0.2) is 24.3 Å². The largest absolute Gasteiger partial charge is 0.391 e. The number of nitrogens with one attached hydrogen (secondary N) is 1. The third kappa shape index (κ3) is 4.13. The molecule has 3 unspecified atom stereocenters. The van der Waals surface area contributed by atoms with Crippen molar-refractivity contribution in [2.75, 3.05) is 0 Å². The molecule has 5 heteroatoms. The summed E-state index contributed by atoms with van der Waals surface area (Å²) < 4.78 is 38.3. The van der Waals surface area contributed by atoms with E-state index in [0.717, 1.165) is 12.0 Å². The molecule has 1 aliphatic rings. The van der Waals surface area contributed by atoms with E-state index in [9.17, 15) is 13.2 Å². The lowest BCUT2D eigenvalue weighted by Crippen LogP contribution is -2.39. The van der Waals surface area contributed by atoms with E-state index in [1.54, 1.807) is 12.1 Å². The van der Waals surface area contributed by atoms with Crippen LogP contribution >= 0.6 is 11.6 Å². The molecule has 3 atom stereocenters. The summed E-state index contributed by atoms with van der Waals surface area (Å²) in [5, 5.41) is 3.98. The molecule has 20 heavy (non-hydrogen) atoms. The molecule has 0 heterocycles.